The highest BCUT2D eigenvalue weighted by Crippen LogP contribution is 0.846. The maximum Gasteiger partial charge on any atom is 0.316 e. The smallest absolute Gasteiger partial charge is 0.124 e. The molecule has 0 aliphatic carbocycles. The molecule has 0 aliphatic rings. The fraction of sp³-hybridized carbons (Fsp3) is 0. The van der Waals surface area contributed by atoms with Crippen LogP contribution >= 0.6 is 17.0 Å². The highest BCUT2D eigenvalue weighted by Gasteiger charge is 0.454. The molecular weight excluding hydrogens is 128 g/mol. The van der Waals surface area contributed by atoms with E-state index in [4.69, 9.17) is 0 Å². The molecule has 0 heterocycles. The van der Waals surface area contributed by atoms with E-state index in [2.05, 4.69) is 12.8 Å². The zero-order valence-electron chi connectivity index (χ0n) is 1.56. The van der Waals surface area contributed by atoms with Gasteiger partial charge in [0, 0.05) is 0 Å². The van der Waals surface area contributed by atoms with Crippen LogP contribution in [-0.4, -0.2) is 23.1 Å². The Bertz CT molecular complexity index is 10.8. The largest absolute Gasteiger partial charge is 0.316 e. The van der Waals surface area contributed by atoms with Crippen LogP contribution in [0.3, 0.4) is 0 Å². The van der Waals surface area contributed by atoms with Crippen LogP contribution in [0.25, 0.3) is 0 Å². The number of hydrogen-bond donors (Lipinski definition) is 0. The third kappa shape index (κ3) is 14.1. The maximum absolute atomic E-state index is 4.00. The van der Waals surface area contributed by atoms with Gasteiger partial charge in [0.2, 0.25) is 0 Å². The molecule has 0 N–H and O–H groups in total. The Morgan fingerprint density at radius 3 is 1.00 bits per heavy atom. The lowest BCUT2D eigenvalue weighted by Gasteiger charge is -0.701. The molecule has 0 unspecified atom stereocenters. The van der Waals surface area contributed by atoms with Gasteiger partial charge in [0.15, 0.2) is 0 Å². The van der Waals surface area contributed by atoms with Crippen LogP contribution in [0.4, 0.5) is 0 Å². The van der Waals surface area contributed by atoms with E-state index in [9.17, 15) is 0 Å². The molecule has 0 saturated carbocycles. The third-order valence-corrected chi connectivity index (χ3v) is 0. The summed E-state index contributed by atoms with van der Waals surface area (Å²) in [7, 11) is 0. The van der Waals surface area contributed by atoms with Gasteiger partial charge in [-0.15, -0.1) is 29.8 Å². The lowest BCUT2D eigenvalue weighted by atomic mass is 11.4. The Balaban J connectivity index is -0.00000000500. The van der Waals surface area contributed by atoms with Crippen molar-refractivity contribution < 1.29 is 0 Å². The van der Waals surface area contributed by atoms with Gasteiger partial charge in [0.1, 0.15) is 0 Å². The average molecular weight is 133 g/mol. The molecule has 0 fully saturated rings. The summed E-state index contributed by atoms with van der Waals surface area (Å²) < 4.78 is 0. The minimum Gasteiger partial charge on any atom is -0.124 e. The van der Waals surface area contributed by atoms with Crippen molar-refractivity contribution in [3.05, 3.63) is 0 Å². The average Bonchev–Trinajstić information content (AvgIpc) is 1.00. The molecule has 0 radical (unpaired) electrons. The van der Waals surface area contributed by atoms with Crippen molar-refractivity contribution in [2.45, 2.75) is 0 Å². The summed E-state index contributed by atoms with van der Waals surface area (Å²) in [5.41, 5.74) is 0. The van der Waals surface area contributed by atoms with Crippen molar-refractivity contribution in [3.63, 3.8) is 0 Å². The Hall–Kier alpha value is 0.806. The summed E-state index contributed by atoms with van der Waals surface area (Å²) in [6, 6.07) is 0. The van der Waals surface area contributed by atoms with Crippen LogP contribution in [0, 0.1) is 12.8 Å². The Labute approximate surface area is 52.9 Å². The summed E-state index contributed by atoms with van der Waals surface area (Å²) in [5.74, 6) is 0. The van der Waals surface area contributed by atoms with Gasteiger partial charge in [-0.1, -0.05) is 0 Å². The quantitative estimate of drug-likeness (QED) is 0.320. The fourth-order valence-corrected chi connectivity index (χ4v) is 0. The van der Waals surface area contributed by atoms with Crippen LogP contribution < -0.4 is 0 Å². The molecule has 0 aliphatic heterocycles. The standard InChI is InChI=1S/C2H2.BrH.Mg.2H/c1-2;;;;/h1-2H;1H;;;. The fourth-order valence-electron chi connectivity index (χ4n) is 0. The number of rotatable bonds is 0. The predicted octanol–water partition coefficient (Wildman–Crippen LogP) is -0.0889. The minimum atomic E-state index is 0. The molecule has 2 heteroatoms. The van der Waals surface area contributed by atoms with Crippen molar-refractivity contribution in [2.75, 3.05) is 0 Å². The van der Waals surface area contributed by atoms with Crippen molar-refractivity contribution >= 4 is 40.0 Å². The van der Waals surface area contributed by atoms with Crippen LogP contribution in [0.2, 0.25) is 0 Å². The van der Waals surface area contributed by atoms with Crippen LogP contribution in [0.5, 0.6) is 0 Å². The second kappa shape index (κ2) is 46.1. The van der Waals surface area contributed by atoms with Gasteiger partial charge in [-0.05, 0) is 0 Å². The lowest BCUT2D eigenvalue weighted by molar-refractivity contribution is 3.31. The molecule has 0 atom stereocenters. The zero-order valence-corrected chi connectivity index (χ0v) is 3.28. The van der Waals surface area contributed by atoms with Gasteiger partial charge >= 0.3 is 23.1 Å². The first-order chi connectivity index (χ1) is 1.00. The second-order valence-electron chi connectivity index (χ2n) is 0. The molecule has 0 aromatic heterocycles. The summed E-state index contributed by atoms with van der Waals surface area (Å²) in [5, 5.41) is 0. The van der Waals surface area contributed by atoms with Crippen molar-refractivity contribution in [1.29, 1.82) is 0 Å². The summed E-state index contributed by atoms with van der Waals surface area (Å²) in [6.45, 7) is 0. The van der Waals surface area contributed by atoms with Crippen LogP contribution in [0.1, 0.15) is 0 Å². The topological polar surface area (TPSA) is 0 Å². The first-order valence-corrected chi connectivity index (χ1v) is 0.333. The first kappa shape index (κ1) is 21.3. The van der Waals surface area contributed by atoms with E-state index in [1.807, 2.05) is 0 Å². The van der Waals surface area contributed by atoms with E-state index in [0.29, 0.717) is 0 Å². The van der Waals surface area contributed by atoms with E-state index in [1.54, 1.807) is 0 Å². The van der Waals surface area contributed by atoms with Crippen molar-refractivity contribution in [1.82, 2.24) is 0 Å². The number of hydrogen-bond acceptors (Lipinski definition) is 0. The number of halogens is 1. The third-order valence-electron chi connectivity index (χ3n) is 0. The van der Waals surface area contributed by atoms with E-state index in [1.165, 1.54) is 0 Å². The van der Waals surface area contributed by atoms with E-state index < -0.39 is 0 Å². The van der Waals surface area contributed by atoms with Gasteiger partial charge in [-0.25, -0.2) is 0 Å². The van der Waals surface area contributed by atoms with Gasteiger partial charge in [0.25, 0.3) is 0 Å². The molecular formula is C2H5BrMg. The van der Waals surface area contributed by atoms with E-state index >= 15 is 0 Å². The van der Waals surface area contributed by atoms with Gasteiger partial charge in [-0.2, -0.15) is 0 Å². The monoisotopic (exact) mass is 132 g/mol. The molecule has 4 heavy (non-hydrogen) atoms. The molecule has 0 saturated heterocycles. The van der Waals surface area contributed by atoms with E-state index in [0.717, 1.165) is 0 Å². The summed E-state index contributed by atoms with van der Waals surface area (Å²) in [6.07, 6.45) is 8.00. The first-order valence-electron chi connectivity index (χ1n) is 0.333. The SMILES string of the molecule is Br.C#C.[MgH2]. The Kier molecular flexibility index (Phi) is 246. The molecule has 0 aromatic carbocycles. The second-order valence-corrected chi connectivity index (χ2v) is 0. The van der Waals surface area contributed by atoms with E-state index in [-0.39, 0.29) is 40.0 Å². The summed E-state index contributed by atoms with van der Waals surface area (Å²) in [4.78, 5) is 0. The maximum atomic E-state index is 4.00. The Morgan fingerprint density at radius 1 is 1.00 bits per heavy atom. The summed E-state index contributed by atoms with van der Waals surface area (Å²) >= 11 is 0. The predicted molar refractivity (Wildman–Crippen MR) is 28.8 cm³/mol. The number of terminal acetylenes is 1. The molecule has 0 aromatic rings. The highest BCUT2D eigenvalue weighted by atomic mass is 79.9. The molecule has 0 rings (SSSR count). The zero-order chi connectivity index (χ0) is 2.00. The van der Waals surface area contributed by atoms with Crippen LogP contribution in [0.15, 0.2) is 0 Å². The molecule has 0 nitrogen and oxygen atoms in total. The molecule has 22 valence electrons. The van der Waals surface area contributed by atoms with Gasteiger partial charge < -0.3 is 0 Å². The molecule has 0 bridgehead atoms. The van der Waals surface area contributed by atoms with Gasteiger partial charge in [-0.3, -0.25) is 0 Å². The lowest BCUT2D eigenvalue weighted by Crippen LogP contribution is -0.576. The van der Waals surface area contributed by atoms with Crippen molar-refractivity contribution in [3.8, 4) is 12.8 Å². The highest BCUT2D eigenvalue weighted by molar-refractivity contribution is 8.93. The van der Waals surface area contributed by atoms with Crippen LogP contribution in [-0.2, 0) is 0 Å². The minimum absolute atomic E-state index is 0. The molecule has 0 spiro atoms. The van der Waals surface area contributed by atoms with Gasteiger partial charge in [0.05, 0.1) is 0 Å². The molecule has 0 amide bonds. The normalized spacial score (nSPS) is 0.500. The van der Waals surface area contributed by atoms with Crippen molar-refractivity contribution in [2.24, 2.45) is 0 Å². The Morgan fingerprint density at radius 2 is 1.00 bits per heavy atom.